The van der Waals surface area contributed by atoms with Crippen LogP contribution in [0.3, 0.4) is 0 Å². The average molecular weight is 426 g/mol. The molecule has 1 atom stereocenters. The van der Waals surface area contributed by atoms with Crippen LogP contribution in [0.25, 0.3) is 16.9 Å². The molecule has 1 aliphatic rings. The van der Waals surface area contributed by atoms with Crippen molar-refractivity contribution < 1.29 is 4.79 Å². The standard InChI is InChI=1S/C26H23N3OS/c1-19-12-14-20(15-13-19)16-28-24(30)18-31-26(28)23-17-29(22-10-6-3-7-11-22)27-25(23)21-8-4-2-5-9-21/h2-15,17,26H,16,18H2,1H3/t26-/m0/s1. The fraction of sp³-hybridized carbons (Fsp3) is 0.154. The Morgan fingerprint density at radius 3 is 2.32 bits per heavy atom. The quantitative estimate of drug-likeness (QED) is 0.416. The number of nitrogens with zero attached hydrogens (tertiary/aromatic N) is 3. The molecule has 154 valence electrons. The topological polar surface area (TPSA) is 38.1 Å². The van der Waals surface area contributed by atoms with Crippen LogP contribution in [0.15, 0.2) is 91.1 Å². The maximum Gasteiger partial charge on any atom is 0.234 e. The number of aryl methyl sites for hydroxylation is 1. The molecule has 1 aliphatic heterocycles. The number of thioether (sulfide) groups is 1. The maximum atomic E-state index is 12.8. The minimum atomic E-state index is -0.0681. The molecule has 5 rings (SSSR count). The largest absolute Gasteiger partial charge is 0.321 e. The Morgan fingerprint density at radius 2 is 1.61 bits per heavy atom. The van der Waals surface area contributed by atoms with Gasteiger partial charge in [0.1, 0.15) is 5.37 Å². The summed E-state index contributed by atoms with van der Waals surface area (Å²) in [6.45, 7) is 2.68. The first kappa shape index (κ1) is 19.6. The number of hydrogen-bond donors (Lipinski definition) is 0. The summed E-state index contributed by atoms with van der Waals surface area (Å²) in [5, 5.41) is 4.87. The molecule has 0 bridgehead atoms. The third kappa shape index (κ3) is 4.01. The predicted octanol–water partition coefficient (Wildman–Crippen LogP) is 5.62. The van der Waals surface area contributed by atoms with Crippen molar-refractivity contribution in [2.45, 2.75) is 18.8 Å². The number of benzene rings is 3. The van der Waals surface area contributed by atoms with Gasteiger partial charge in [-0.1, -0.05) is 78.4 Å². The van der Waals surface area contributed by atoms with Gasteiger partial charge in [0.25, 0.3) is 0 Å². The number of carbonyl (C=O) groups excluding carboxylic acids is 1. The third-order valence-corrected chi connectivity index (χ3v) is 6.76. The van der Waals surface area contributed by atoms with E-state index in [4.69, 9.17) is 5.10 Å². The molecule has 0 N–H and O–H groups in total. The zero-order valence-electron chi connectivity index (χ0n) is 17.3. The molecular weight excluding hydrogens is 402 g/mol. The maximum absolute atomic E-state index is 12.8. The smallest absolute Gasteiger partial charge is 0.234 e. The zero-order chi connectivity index (χ0) is 21.2. The lowest BCUT2D eigenvalue weighted by Gasteiger charge is -2.24. The lowest BCUT2D eigenvalue weighted by molar-refractivity contribution is -0.128. The Bertz CT molecular complexity index is 1190. The monoisotopic (exact) mass is 425 g/mol. The lowest BCUT2D eigenvalue weighted by atomic mass is 10.1. The molecule has 0 saturated carbocycles. The summed E-state index contributed by atoms with van der Waals surface area (Å²) in [7, 11) is 0. The van der Waals surface area contributed by atoms with Crippen LogP contribution in [0.1, 0.15) is 22.1 Å². The van der Waals surface area contributed by atoms with E-state index in [2.05, 4.69) is 49.5 Å². The molecule has 1 aromatic heterocycles. The fourth-order valence-electron chi connectivity index (χ4n) is 3.87. The Balaban J connectivity index is 1.56. The van der Waals surface area contributed by atoms with Gasteiger partial charge in [-0.15, -0.1) is 11.8 Å². The van der Waals surface area contributed by atoms with Crippen LogP contribution in [0, 0.1) is 6.92 Å². The number of carbonyl (C=O) groups is 1. The SMILES string of the molecule is Cc1ccc(CN2C(=O)CS[C@H]2c2cn(-c3ccccc3)nc2-c2ccccc2)cc1. The predicted molar refractivity (Wildman–Crippen MR) is 126 cm³/mol. The second-order valence-electron chi connectivity index (χ2n) is 7.75. The Hall–Kier alpha value is -3.31. The van der Waals surface area contributed by atoms with Crippen molar-refractivity contribution in [2.75, 3.05) is 5.75 Å². The average Bonchev–Trinajstić information content (AvgIpc) is 3.41. The van der Waals surface area contributed by atoms with Crippen molar-refractivity contribution in [1.82, 2.24) is 14.7 Å². The lowest BCUT2D eigenvalue weighted by Crippen LogP contribution is -2.27. The Kier molecular flexibility index (Phi) is 5.35. The molecule has 3 aromatic carbocycles. The Morgan fingerprint density at radius 1 is 0.935 bits per heavy atom. The minimum Gasteiger partial charge on any atom is -0.321 e. The molecule has 2 heterocycles. The number of hydrogen-bond acceptors (Lipinski definition) is 3. The van der Waals surface area contributed by atoms with Gasteiger partial charge in [-0.3, -0.25) is 4.79 Å². The molecule has 0 unspecified atom stereocenters. The van der Waals surface area contributed by atoms with Crippen molar-refractivity contribution in [2.24, 2.45) is 0 Å². The van der Waals surface area contributed by atoms with Gasteiger partial charge in [0.05, 0.1) is 17.1 Å². The summed E-state index contributed by atoms with van der Waals surface area (Å²) in [6.07, 6.45) is 2.08. The number of amides is 1. The van der Waals surface area contributed by atoms with E-state index in [1.54, 1.807) is 11.8 Å². The van der Waals surface area contributed by atoms with Crippen molar-refractivity contribution in [1.29, 1.82) is 0 Å². The van der Waals surface area contributed by atoms with Crippen LogP contribution in [-0.4, -0.2) is 26.3 Å². The van der Waals surface area contributed by atoms with Crippen LogP contribution in [0.5, 0.6) is 0 Å². The Labute approximate surface area is 186 Å². The summed E-state index contributed by atoms with van der Waals surface area (Å²) < 4.78 is 1.92. The first-order valence-corrected chi connectivity index (χ1v) is 11.4. The van der Waals surface area contributed by atoms with Gasteiger partial charge in [0, 0.05) is 23.9 Å². The highest BCUT2D eigenvalue weighted by molar-refractivity contribution is 8.00. The first-order chi connectivity index (χ1) is 15.2. The van der Waals surface area contributed by atoms with Crippen LogP contribution < -0.4 is 0 Å². The van der Waals surface area contributed by atoms with Gasteiger partial charge in [0.2, 0.25) is 5.91 Å². The zero-order valence-corrected chi connectivity index (χ0v) is 18.1. The first-order valence-electron chi connectivity index (χ1n) is 10.4. The van der Waals surface area contributed by atoms with E-state index in [0.717, 1.165) is 28.1 Å². The highest BCUT2D eigenvalue weighted by Gasteiger charge is 2.35. The molecule has 1 saturated heterocycles. The fourth-order valence-corrected chi connectivity index (χ4v) is 5.06. The highest BCUT2D eigenvalue weighted by atomic mass is 32.2. The molecule has 0 aliphatic carbocycles. The van der Waals surface area contributed by atoms with Gasteiger partial charge >= 0.3 is 0 Å². The molecule has 31 heavy (non-hydrogen) atoms. The van der Waals surface area contributed by atoms with Crippen LogP contribution >= 0.6 is 11.8 Å². The van der Waals surface area contributed by atoms with Gasteiger partial charge in [0.15, 0.2) is 0 Å². The molecule has 5 heteroatoms. The van der Waals surface area contributed by atoms with E-state index in [1.165, 1.54) is 5.56 Å². The summed E-state index contributed by atoms with van der Waals surface area (Å²) in [6, 6.07) is 28.7. The van der Waals surface area contributed by atoms with Gasteiger partial charge in [-0.05, 0) is 24.6 Å². The van der Waals surface area contributed by atoms with Crippen molar-refractivity contribution in [3.63, 3.8) is 0 Å². The third-order valence-electron chi connectivity index (χ3n) is 5.52. The van der Waals surface area contributed by atoms with Crippen LogP contribution in [0.4, 0.5) is 0 Å². The van der Waals surface area contributed by atoms with Crippen LogP contribution in [0.2, 0.25) is 0 Å². The molecular formula is C26H23N3OS. The molecule has 0 spiro atoms. The van der Waals surface area contributed by atoms with Crippen molar-refractivity contribution in [3.8, 4) is 16.9 Å². The van der Waals surface area contributed by atoms with Crippen molar-refractivity contribution in [3.05, 3.63) is 108 Å². The van der Waals surface area contributed by atoms with Gasteiger partial charge in [-0.25, -0.2) is 4.68 Å². The van der Waals surface area contributed by atoms with E-state index in [-0.39, 0.29) is 11.3 Å². The second kappa shape index (κ2) is 8.44. The summed E-state index contributed by atoms with van der Waals surface area (Å²) in [5.41, 5.74) is 6.41. The second-order valence-corrected chi connectivity index (χ2v) is 8.82. The van der Waals surface area contributed by atoms with E-state index in [0.29, 0.717) is 12.3 Å². The summed E-state index contributed by atoms with van der Waals surface area (Å²) in [5.74, 6) is 0.656. The molecule has 1 amide bonds. The minimum absolute atomic E-state index is 0.0681. The number of aromatic nitrogens is 2. The molecule has 4 aromatic rings. The normalized spacial score (nSPS) is 16.1. The van der Waals surface area contributed by atoms with Gasteiger partial charge in [-0.2, -0.15) is 5.10 Å². The molecule has 0 radical (unpaired) electrons. The number of rotatable bonds is 5. The van der Waals surface area contributed by atoms with Gasteiger partial charge < -0.3 is 4.90 Å². The van der Waals surface area contributed by atoms with E-state index >= 15 is 0 Å². The van der Waals surface area contributed by atoms with Crippen LogP contribution in [-0.2, 0) is 11.3 Å². The highest BCUT2D eigenvalue weighted by Crippen LogP contribution is 2.43. The summed E-state index contributed by atoms with van der Waals surface area (Å²) >= 11 is 1.67. The number of para-hydroxylation sites is 1. The van der Waals surface area contributed by atoms with E-state index in [9.17, 15) is 4.79 Å². The van der Waals surface area contributed by atoms with E-state index in [1.807, 2.05) is 58.1 Å². The summed E-state index contributed by atoms with van der Waals surface area (Å²) in [4.78, 5) is 14.8. The van der Waals surface area contributed by atoms with Crippen molar-refractivity contribution >= 4 is 17.7 Å². The molecule has 4 nitrogen and oxygen atoms in total. The van der Waals surface area contributed by atoms with E-state index < -0.39 is 0 Å². The molecule has 1 fully saturated rings.